The molecule has 2 aliphatic heterocycles. The monoisotopic (exact) mass is 173 g/mol. The van der Waals surface area contributed by atoms with Crippen LogP contribution in [-0.4, -0.2) is 12.5 Å². The third-order valence-electron chi connectivity index (χ3n) is 1.54. The Morgan fingerprint density at radius 2 is 2.27 bits per heavy atom. The molecule has 0 radical (unpaired) electrons. The van der Waals surface area contributed by atoms with Crippen LogP contribution in [0.5, 0.6) is 0 Å². The second kappa shape index (κ2) is 4.54. The van der Waals surface area contributed by atoms with Crippen molar-refractivity contribution in [3.63, 3.8) is 0 Å². The Morgan fingerprint density at radius 1 is 1.45 bits per heavy atom. The quantitative estimate of drug-likeness (QED) is 0.607. The number of thioether (sulfide) groups is 1. The molecule has 0 unspecified atom stereocenters. The average molecular weight is 173 g/mol. The van der Waals surface area contributed by atoms with Crippen molar-refractivity contribution in [3.8, 4) is 0 Å². The first kappa shape index (κ1) is 8.78. The van der Waals surface area contributed by atoms with Gasteiger partial charge in [-0.3, -0.25) is 0 Å². The lowest BCUT2D eigenvalue weighted by Crippen LogP contribution is -2.10. The maximum atomic E-state index is 5.38. The topological polar surface area (TPSA) is 21.3 Å². The normalized spacial score (nSPS) is 20.9. The summed E-state index contributed by atoms with van der Waals surface area (Å²) in [7, 11) is 0. The van der Waals surface area contributed by atoms with Crippen LogP contribution in [0.15, 0.2) is 10.8 Å². The lowest BCUT2D eigenvalue weighted by molar-refractivity contribution is 0.213. The molecule has 0 aromatic rings. The molecule has 0 saturated carbocycles. The van der Waals surface area contributed by atoms with Crippen LogP contribution in [0.3, 0.4) is 0 Å². The molecule has 0 spiro atoms. The summed E-state index contributed by atoms with van der Waals surface area (Å²) >= 11 is 1.77. The zero-order valence-corrected chi connectivity index (χ0v) is 7.96. The zero-order valence-electron chi connectivity index (χ0n) is 7.14. The summed E-state index contributed by atoms with van der Waals surface area (Å²) in [5.74, 6) is 1.00. The molecular formula is C8H15NOS. The van der Waals surface area contributed by atoms with Gasteiger partial charge in [0.05, 0.1) is 18.2 Å². The van der Waals surface area contributed by atoms with Crippen molar-refractivity contribution in [1.29, 1.82) is 0 Å². The third-order valence-corrected chi connectivity index (χ3v) is 2.45. The standard InChI is InChI=1S/C6H9NOS.C2H6/c1-2-5-6(8-3-1)9-4-7-5;1-2/h7H,1-4H2;1-2H3. The van der Waals surface area contributed by atoms with E-state index in [0.29, 0.717) is 0 Å². The minimum atomic E-state index is 0.910. The molecule has 0 fully saturated rings. The van der Waals surface area contributed by atoms with Crippen molar-refractivity contribution in [2.75, 3.05) is 12.5 Å². The molecule has 0 atom stereocenters. The maximum absolute atomic E-state index is 5.38. The van der Waals surface area contributed by atoms with Crippen LogP contribution in [0, 0.1) is 0 Å². The number of nitrogens with one attached hydrogen (secondary N) is 1. The Bertz CT molecular complexity index is 140. The first-order chi connectivity index (χ1) is 5.47. The van der Waals surface area contributed by atoms with Gasteiger partial charge < -0.3 is 10.1 Å². The van der Waals surface area contributed by atoms with Crippen LogP contribution >= 0.6 is 11.8 Å². The van der Waals surface area contributed by atoms with Crippen LogP contribution < -0.4 is 5.32 Å². The van der Waals surface area contributed by atoms with E-state index in [0.717, 1.165) is 17.6 Å². The number of ether oxygens (including phenoxy) is 1. The average Bonchev–Trinajstić information content (AvgIpc) is 2.55. The van der Waals surface area contributed by atoms with E-state index in [9.17, 15) is 0 Å². The van der Waals surface area contributed by atoms with E-state index in [2.05, 4.69) is 5.32 Å². The molecule has 2 heterocycles. The minimum Gasteiger partial charge on any atom is -0.485 e. The van der Waals surface area contributed by atoms with Crippen LogP contribution in [-0.2, 0) is 4.74 Å². The van der Waals surface area contributed by atoms with E-state index in [4.69, 9.17) is 4.74 Å². The molecule has 11 heavy (non-hydrogen) atoms. The van der Waals surface area contributed by atoms with Crippen molar-refractivity contribution < 1.29 is 4.74 Å². The molecule has 0 aromatic heterocycles. The van der Waals surface area contributed by atoms with E-state index in [1.165, 1.54) is 18.5 Å². The summed E-state index contributed by atoms with van der Waals surface area (Å²) in [4.78, 5) is 0. The molecule has 0 saturated heterocycles. The van der Waals surface area contributed by atoms with E-state index in [-0.39, 0.29) is 0 Å². The highest BCUT2D eigenvalue weighted by atomic mass is 32.2. The Balaban J connectivity index is 0.000000281. The van der Waals surface area contributed by atoms with Gasteiger partial charge in [0.15, 0.2) is 5.09 Å². The van der Waals surface area contributed by atoms with Crippen LogP contribution in [0.2, 0.25) is 0 Å². The van der Waals surface area contributed by atoms with E-state index in [1.807, 2.05) is 13.8 Å². The SMILES string of the molecule is C1COC2=C(C1)NCS2.CC. The first-order valence-electron chi connectivity index (χ1n) is 4.19. The summed E-state index contributed by atoms with van der Waals surface area (Å²) < 4.78 is 5.38. The van der Waals surface area contributed by atoms with Gasteiger partial charge in [-0.05, 0) is 12.8 Å². The molecule has 0 aliphatic carbocycles. The van der Waals surface area contributed by atoms with Gasteiger partial charge in [0.25, 0.3) is 0 Å². The minimum absolute atomic E-state index is 0.910. The van der Waals surface area contributed by atoms with E-state index >= 15 is 0 Å². The van der Waals surface area contributed by atoms with Crippen molar-refractivity contribution in [1.82, 2.24) is 5.32 Å². The van der Waals surface area contributed by atoms with Crippen molar-refractivity contribution >= 4 is 11.8 Å². The molecule has 64 valence electrons. The van der Waals surface area contributed by atoms with E-state index < -0.39 is 0 Å². The molecule has 2 aliphatic rings. The van der Waals surface area contributed by atoms with Gasteiger partial charge in [-0.15, -0.1) is 0 Å². The molecule has 0 amide bonds. The lowest BCUT2D eigenvalue weighted by Gasteiger charge is -2.13. The first-order valence-corrected chi connectivity index (χ1v) is 5.18. The number of hydrogen-bond acceptors (Lipinski definition) is 3. The van der Waals surface area contributed by atoms with Gasteiger partial charge in [0.2, 0.25) is 0 Å². The van der Waals surface area contributed by atoms with Gasteiger partial charge in [-0.1, -0.05) is 25.6 Å². The summed E-state index contributed by atoms with van der Waals surface area (Å²) in [6.45, 7) is 4.91. The number of rotatable bonds is 0. The van der Waals surface area contributed by atoms with Gasteiger partial charge in [-0.2, -0.15) is 0 Å². The smallest absolute Gasteiger partial charge is 0.173 e. The zero-order chi connectivity index (χ0) is 8.10. The highest BCUT2D eigenvalue weighted by Gasteiger charge is 2.18. The fourth-order valence-electron chi connectivity index (χ4n) is 1.08. The van der Waals surface area contributed by atoms with Gasteiger partial charge >= 0.3 is 0 Å². The van der Waals surface area contributed by atoms with Crippen LogP contribution in [0.1, 0.15) is 26.7 Å². The van der Waals surface area contributed by atoms with Gasteiger partial charge in [0.1, 0.15) is 0 Å². The summed E-state index contributed by atoms with van der Waals surface area (Å²) in [6, 6.07) is 0. The fraction of sp³-hybridized carbons (Fsp3) is 0.750. The summed E-state index contributed by atoms with van der Waals surface area (Å²) in [5, 5.41) is 4.42. The predicted octanol–water partition coefficient (Wildman–Crippen LogP) is 2.29. The van der Waals surface area contributed by atoms with Crippen molar-refractivity contribution in [2.45, 2.75) is 26.7 Å². The van der Waals surface area contributed by atoms with Gasteiger partial charge in [-0.25, -0.2) is 0 Å². The summed E-state index contributed by atoms with van der Waals surface area (Å²) in [5.41, 5.74) is 1.33. The molecule has 2 rings (SSSR count). The number of hydrogen-bond donors (Lipinski definition) is 1. The number of allylic oxidation sites excluding steroid dienone is 1. The second-order valence-corrected chi connectivity index (χ2v) is 3.13. The van der Waals surface area contributed by atoms with Crippen molar-refractivity contribution in [3.05, 3.63) is 10.8 Å². The largest absolute Gasteiger partial charge is 0.485 e. The highest BCUT2D eigenvalue weighted by molar-refractivity contribution is 8.03. The fourth-order valence-corrected chi connectivity index (χ4v) is 1.97. The Kier molecular flexibility index (Phi) is 3.63. The summed E-state index contributed by atoms with van der Waals surface area (Å²) in [6.07, 6.45) is 2.36. The van der Waals surface area contributed by atoms with Crippen LogP contribution in [0.25, 0.3) is 0 Å². The highest BCUT2D eigenvalue weighted by Crippen LogP contribution is 2.30. The molecule has 0 aromatic carbocycles. The van der Waals surface area contributed by atoms with E-state index in [1.54, 1.807) is 11.8 Å². The molecule has 1 N–H and O–H groups in total. The molecule has 0 bridgehead atoms. The third kappa shape index (κ3) is 2.06. The maximum Gasteiger partial charge on any atom is 0.173 e. The van der Waals surface area contributed by atoms with Crippen molar-refractivity contribution in [2.24, 2.45) is 0 Å². The second-order valence-electron chi connectivity index (χ2n) is 2.18. The Morgan fingerprint density at radius 3 is 3.00 bits per heavy atom. The molecular weight excluding hydrogens is 158 g/mol. The Labute approximate surface area is 72.4 Å². The molecule has 2 nitrogen and oxygen atoms in total. The Hall–Kier alpha value is -0.310. The molecule has 3 heteroatoms. The van der Waals surface area contributed by atoms with Crippen LogP contribution in [0.4, 0.5) is 0 Å². The van der Waals surface area contributed by atoms with Gasteiger partial charge in [0, 0.05) is 0 Å². The lowest BCUT2D eigenvalue weighted by atomic mass is 10.2. The predicted molar refractivity (Wildman–Crippen MR) is 49.2 cm³/mol.